The summed E-state index contributed by atoms with van der Waals surface area (Å²) in [6, 6.07) is 0. The summed E-state index contributed by atoms with van der Waals surface area (Å²) in [5, 5.41) is 0. The van der Waals surface area contributed by atoms with Crippen molar-refractivity contribution in [1.82, 2.24) is 0 Å². The minimum atomic E-state index is 0.662. The summed E-state index contributed by atoms with van der Waals surface area (Å²) in [7, 11) is 0. The van der Waals surface area contributed by atoms with Gasteiger partial charge in [-0.25, -0.2) is 0 Å². The molecule has 114 valence electrons. The van der Waals surface area contributed by atoms with Crippen molar-refractivity contribution in [3.05, 3.63) is 0 Å². The summed E-state index contributed by atoms with van der Waals surface area (Å²) in [6.07, 6.45) is 16.9. The van der Waals surface area contributed by atoms with Crippen LogP contribution in [0.25, 0.3) is 0 Å². The molecule has 4 saturated carbocycles. The Bertz CT molecular complexity index is 399. The topological polar surface area (TPSA) is 0 Å². The second kappa shape index (κ2) is 4.26. The minimum absolute atomic E-state index is 0.662. The van der Waals surface area contributed by atoms with Crippen molar-refractivity contribution in [1.29, 1.82) is 0 Å². The molecule has 0 saturated heterocycles. The highest BCUT2D eigenvalue weighted by Gasteiger charge is 2.64. The average molecular weight is 274 g/mol. The van der Waals surface area contributed by atoms with Gasteiger partial charge in [0.1, 0.15) is 0 Å². The standard InChI is InChI=1S/C20H34/c1-18-12-5-4-7-15(18)11-14-20(3)17(18)10-9-16-8-6-13-19(16,20)2/h15-17H,4-14H2,1-3H3/t15?,16-,17+,18-,19+,20+/m0/s1. The van der Waals surface area contributed by atoms with Gasteiger partial charge < -0.3 is 0 Å². The monoisotopic (exact) mass is 274 g/mol. The molecule has 0 N–H and O–H groups in total. The molecule has 0 nitrogen and oxygen atoms in total. The van der Waals surface area contributed by atoms with Crippen molar-refractivity contribution in [3.63, 3.8) is 0 Å². The first-order valence-corrected chi connectivity index (χ1v) is 9.51. The summed E-state index contributed by atoms with van der Waals surface area (Å²) in [6.45, 7) is 8.13. The van der Waals surface area contributed by atoms with Crippen LogP contribution in [-0.4, -0.2) is 0 Å². The SMILES string of the molecule is C[C@]12CCCCC1CC[C@]1(C)[C@@H]2CC[C@@H]2CCC[C@]21C. The second-order valence-corrected chi connectivity index (χ2v) is 9.54. The van der Waals surface area contributed by atoms with Gasteiger partial charge >= 0.3 is 0 Å². The Morgan fingerprint density at radius 2 is 1.40 bits per heavy atom. The quantitative estimate of drug-likeness (QED) is 0.493. The molecule has 0 aliphatic heterocycles. The van der Waals surface area contributed by atoms with E-state index in [1.807, 2.05) is 0 Å². The van der Waals surface area contributed by atoms with Gasteiger partial charge in [0.05, 0.1) is 0 Å². The fourth-order valence-electron chi connectivity index (χ4n) is 7.89. The Kier molecular flexibility index (Phi) is 2.91. The van der Waals surface area contributed by atoms with Crippen molar-refractivity contribution >= 4 is 0 Å². The van der Waals surface area contributed by atoms with Crippen molar-refractivity contribution in [2.24, 2.45) is 34.0 Å². The van der Waals surface area contributed by atoms with Crippen molar-refractivity contribution in [3.8, 4) is 0 Å². The molecule has 0 heteroatoms. The molecule has 0 bridgehead atoms. The Morgan fingerprint density at radius 3 is 2.25 bits per heavy atom. The Morgan fingerprint density at radius 1 is 0.600 bits per heavy atom. The highest BCUT2D eigenvalue weighted by atomic mass is 14.7. The van der Waals surface area contributed by atoms with Gasteiger partial charge in [-0.1, -0.05) is 40.0 Å². The van der Waals surface area contributed by atoms with Gasteiger partial charge in [-0.2, -0.15) is 0 Å². The average Bonchev–Trinajstić information content (AvgIpc) is 2.81. The Labute approximate surface area is 126 Å². The molecule has 1 unspecified atom stereocenters. The van der Waals surface area contributed by atoms with Gasteiger partial charge in [-0.3, -0.25) is 0 Å². The van der Waals surface area contributed by atoms with Crippen molar-refractivity contribution in [2.45, 2.75) is 91.4 Å². The van der Waals surface area contributed by atoms with E-state index in [4.69, 9.17) is 0 Å². The molecule has 4 aliphatic rings. The van der Waals surface area contributed by atoms with E-state index in [0.29, 0.717) is 16.2 Å². The zero-order valence-corrected chi connectivity index (χ0v) is 14.0. The Balaban J connectivity index is 1.74. The van der Waals surface area contributed by atoms with Crippen LogP contribution in [0.3, 0.4) is 0 Å². The molecule has 0 aromatic carbocycles. The molecule has 4 aliphatic carbocycles. The first kappa shape index (κ1) is 13.6. The third-order valence-electron chi connectivity index (χ3n) is 9.29. The van der Waals surface area contributed by atoms with Gasteiger partial charge in [-0.05, 0) is 85.4 Å². The number of fused-ring (bicyclic) bond motifs is 5. The fraction of sp³-hybridized carbons (Fsp3) is 1.00. The van der Waals surface area contributed by atoms with Crippen molar-refractivity contribution < 1.29 is 0 Å². The van der Waals surface area contributed by atoms with E-state index in [-0.39, 0.29) is 0 Å². The molecule has 4 rings (SSSR count). The smallest absolute Gasteiger partial charge is 0.0236 e. The van der Waals surface area contributed by atoms with Crippen LogP contribution in [0, 0.1) is 34.0 Å². The lowest BCUT2D eigenvalue weighted by Crippen LogP contribution is -2.59. The van der Waals surface area contributed by atoms with Crippen LogP contribution in [0.2, 0.25) is 0 Å². The van der Waals surface area contributed by atoms with E-state index in [0.717, 1.165) is 17.8 Å². The molecule has 0 radical (unpaired) electrons. The van der Waals surface area contributed by atoms with E-state index in [1.54, 1.807) is 44.9 Å². The third-order valence-corrected chi connectivity index (χ3v) is 9.29. The molecule has 0 amide bonds. The Hall–Kier alpha value is 0. The van der Waals surface area contributed by atoms with Crippen LogP contribution in [-0.2, 0) is 0 Å². The van der Waals surface area contributed by atoms with E-state index in [1.165, 1.54) is 25.7 Å². The predicted octanol–water partition coefficient (Wildman–Crippen LogP) is 6.20. The zero-order chi connectivity index (χ0) is 14.0. The van der Waals surface area contributed by atoms with Crippen LogP contribution < -0.4 is 0 Å². The lowest BCUT2D eigenvalue weighted by molar-refractivity contribution is -0.176. The summed E-state index contributed by atoms with van der Waals surface area (Å²) in [4.78, 5) is 0. The first-order chi connectivity index (χ1) is 9.51. The first-order valence-electron chi connectivity index (χ1n) is 9.51. The molecule has 6 atom stereocenters. The molecule has 0 aromatic heterocycles. The van der Waals surface area contributed by atoms with Crippen LogP contribution in [0.1, 0.15) is 91.4 Å². The highest BCUT2D eigenvalue weighted by molar-refractivity contribution is 5.13. The van der Waals surface area contributed by atoms with E-state index in [2.05, 4.69) is 20.8 Å². The number of rotatable bonds is 0. The number of hydrogen-bond donors (Lipinski definition) is 0. The minimum Gasteiger partial charge on any atom is -0.0591 e. The molecular formula is C20H34. The predicted molar refractivity (Wildman–Crippen MR) is 85.6 cm³/mol. The van der Waals surface area contributed by atoms with Crippen LogP contribution >= 0.6 is 0 Å². The molecule has 0 heterocycles. The molecular weight excluding hydrogens is 240 g/mol. The van der Waals surface area contributed by atoms with Crippen LogP contribution in [0.15, 0.2) is 0 Å². The molecule has 4 fully saturated rings. The maximum atomic E-state index is 2.73. The number of hydrogen-bond acceptors (Lipinski definition) is 0. The molecule has 20 heavy (non-hydrogen) atoms. The summed E-state index contributed by atoms with van der Waals surface area (Å²) >= 11 is 0. The third kappa shape index (κ3) is 1.49. The lowest BCUT2D eigenvalue weighted by atomic mass is 9.38. The zero-order valence-electron chi connectivity index (χ0n) is 14.0. The van der Waals surface area contributed by atoms with E-state index >= 15 is 0 Å². The molecule has 0 spiro atoms. The summed E-state index contributed by atoms with van der Waals surface area (Å²) < 4.78 is 0. The normalized spacial score (nSPS) is 58.6. The lowest BCUT2D eigenvalue weighted by Gasteiger charge is -2.67. The summed E-state index contributed by atoms with van der Waals surface area (Å²) in [5.74, 6) is 3.16. The highest BCUT2D eigenvalue weighted by Crippen LogP contribution is 2.72. The molecule has 0 aromatic rings. The van der Waals surface area contributed by atoms with E-state index in [9.17, 15) is 0 Å². The summed E-state index contributed by atoms with van der Waals surface area (Å²) in [5.41, 5.74) is 2.04. The van der Waals surface area contributed by atoms with Gasteiger partial charge in [0.15, 0.2) is 0 Å². The largest absolute Gasteiger partial charge is 0.0591 e. The fourth-order valence-corrected chi connectivity index (χ4v) is 7.89. The van der Waals surface area contributed by atoms with Gasteiger partial charge in [0, 0.05) is 0 Å². The van der Waals surface area contributed by atoms with Crippen LogP contribution in [0.5, 0.6) is 0 Å². The second-order valence-electron chi connectivity index (χ2n) is 9.54. The maximum Gasteiger partial charge on any atom is -0.0236 e. The van der Waals surface area contributed by atoms with E-state index < -0.39 is 0 Å². The maximum absolute atomic E-state index is 2.73. The van der Waals surface area contributed by atoms with Crippen molar-refractivity contribution in [2.75, 3.05) is 0 Å². The van der Waals surface area contributed by atoms with Gasteiger partial charge in [0.2, 0.25) is 0 Å². The van der Waals surface area contributed by atoms with Crippen LogP contribution in [0.4, 0.5) is 0 Å². The van der Waals surface area contributed by atoms with Gasteiger partial charge in [-0.15, -0.1) is 0 Å². The van der Waals surface area contributed by atoms with Gasteiger partial charge in [0.25, 0.3) is 0 Å².